The Morgan fingerprint density at radius 1 is 1.53 bits per heavy atom. The molecule has 0 fully saturated rings. The van der Waals surface area contributed by atoms with Crippen LogP contribution in [-0.4, -0.2) is 28.0 Å². The third kappa shape index (κ3) is 2.96. The summed E-state index contributed by atoms with van der Waals surface area (Å²) in [4.78, 5) is 25.2. The van der Waals surface area contributed by atoms with E-state index in [0.717, 1.165) is 12.3 Å². The van der Waals surface area contributed by atoms with Crippen molar-refractivity contribution >= 4 is 11.9 Å². The maximum Gasteiger partial charge on any atom is 0.326 e. The van der Waals surface area contributed by atoms with Gasteiger partial charge in [-0.2, -0.15) is 4.39 Å². The molecule has 17 heavy (non-hydrogen) atoms. The zero-order chi connectivity index (χ0) is 13.0. The van der Waals surface area contributed by atoms with E-state index in [0.29, 0.717) is 0 Å². The van der Waals surface area contributed by atoms with Crippen molar-refractivity contribution in [3.63, 3.8) is 0 Å². The Morgan fingerprint density at radius 2 is 2.18 bits per heavy atom. The van der Waals surface area contributed by atoms with Crippen LogP contribution in [0.25, 0.3) is 0 Å². The van der Waals surface area contributed by atoms with E-state index in [2.05, 4.69) is 10.3 Å². The fraction of sp³-hybridized carbons (Fsp3) is 0.300. The second kappa shape index (κ2) is 5.33. The summed E-state index contributed by atoms with van der Waals surface area (Å²) in [6.07, 6.45) is 1.06. The summed E-state index contributed by atoms with van der Waals surface area (Å²) >= 11 is 0. The SMILES string of the molecule is CCC(NC(=O)c1ccnc(F)c1F)C(=O)O. The first-order chi connectivity index (χ1) is 7.97. The van der Waals surface area contributed by atoms with Gasteiger partial charge in [0.2, 0.25) is 5.95 Å². The molecule has 0 spiro atoms. The minimum Gasteiger partial charge on any atom is -0.480 e. The normalized spacial score (nSPS) is 11.9. The predicted molar refractivity (Wildman–Crippen MR) is 53.3 cm³/mol. The molecule has 0 saturated carbocycles. The molecular weight excluding hydrogens is 234 g/mol. The van der Waals surface area contributed by atoms with E-state index in [1.807, 2.05) is 0 Å². The standard InChI is InChI=1S/C10H10F2N2O3/c1-2-6(10(16)17)14-9(15)5-3-4-13-8(12)7(5)11/h3-4,6H,2H2,1H3,(H,14,15)(H,16,17). The summed E-state index contributed by atoms with van der Waals surface area (Å²) in [6.45, 7) is 1.54. The maximum absolute atomic E-state index is 13.2. The summed E-state index contributed by atoms with van der Waals surface area (Å²) in [7, 11) is 0. The van der Waals surface area contributed by atoms with Crippen LogP contribution in [-0.2, 0) is 4.79 Å². The first-order valence-corrected chi connectivity index (χ1v) is 4.81. The van der Waals surface area contributed by atoms with E-state index in [9.17, 15) is 18.4 Å². The second-order valence-corrected chi connectivity index (χ2v) is 3.24. The van der Waals surface area contributed by atoms with Crippen LogP contribution in [0.1, 0.15) is 23.7 Å². The fourth-order valence-corrected chi connectivity index (χ4v) is 1.17. The Kier molecular flexibility index (Phi) is 4.08. The molecule has 0 aliphatic rings. The van der Waals surface area contributed by atoms with Crippen molar-refractivity contribution in [2.45, 2.75) is 19.4 Å². The molecule has 0 radical (unpaired) electrons. The van der Waals surface area contributed by atoms with Crippen molar-refractivity contribution < 1.29 is 23.5 Å². The van der Waals surface area contributed by atoms with Crippen molar-refractivity contribution in [3.8, 4) is 0 Å². The number of rotatable bonds is 4. The lowest BCUT2D eigenvalue weighted by Crippen LogP contribution is -2.40. The molecule has 0 aliphatic carbocycles. The molecule has 7 heteroatoms. The number of carbonyl (C=O) groups is 2. The monoisotopic (exact) mass is 244 g/mol. The average molecular weight is 244 g/mol. The molecule has 5 nitrogen and oxygen atoms in total. The third-order valence-electron chi connectivity index (χ3n) is 2.10. The number of halogens is 2. The molecule has 2 N–H and O–H groups in total. The maximum atomic E-state index is 13.2. The van der Waals surface area contributed by atoms with Crippen LogP contribution >= 0.6 is 0 Å². The van der Waals surface area contributed by atoms with E-state index in [1.165, 1.54) is 0 Å². The number of carboxylic acids is 1. The minimum atomic E-state index is -1.40. The summed E-state index contributed by atoms with van der Waals surface area (Å²) in [5, 5.41) is 10.8. The lowest BCUT2D eigenvalue weighted by atomic mass is 10.2. The molecule has 0 aromatic carbocycles. The van der Waals surface area contributed by atoms with Crippen molar-refractivity contribution in [2.24, 2.45) is 0 Å². The second-order valence-electron chi connectivity index (χ2n) is 3.24. The summed E-state index contributed by atoms with van der Waals surface area (Å²) < 4.78 is 25.9. The number of aliphatic carboxylic acids is 1. The number of nitrogens with one attached hydrogen (secondary N) is 1. The number of hydrogen-bond donors (Lipinski definition) is 2. The molecule has 92 valence electrons. The summed E-state index contributed by atoms with van der Waals surface area (Å²) in [5.41, 5.74) is -0.572. The Hall–Kier alpha value is -2.05. The van der Waals surface area contributed by atoms with Gasteiger partial charge in [-0.05, 0) is 12.5 Å². The molecule has 1 unspecified atom stereocenters. The van der Waals surface area contributed by atoms with Gasteiger partial charge in [-0.1, -0.05) is 6.92 Å². The zero-order valence-electron chi connectivity index (χ0n) is 8.91. The molecule has 1 amide bonds. The van der Waals surface area contributed by atoms with Crippen LogP contribution in [0.5, 0.6) is 0 Å². The van der Waals surface area contributed by atoms with Crippen LogP contribution in [0.15, 0.2) is 12.3 Å². The molecule has 1 atom stereocenters. The molecule has 0 aliphatic heterocycles. The molecule has 0 bridgehead atoms. The van der Waals surface area contributed by atoms with Gasteiger partial charge in [-0.15, -0.1) is 0 Å². The molecule has 0 saturated heterocycles. The largest absolute Gasteiger partial charge is 0.480 e. The summed E-state index contributed by atoms with van der Waals surface area (Å²) in [6, 6.07) is -0.166. The van der Waals surface area contributed by atoms with Gasteiger partial charge in [0.15, 0.2) is 5.82 Å². The Balaban J connectivity index is 2.90. The van der Waals surface area contributed by atoms with Gasteiger partial charge in [-0.25, -0.2) is 14.2 Å². The molecule has 1 heterocycles. The van der Waals surface area contributed by atoms with Crippen LogP contribution in [0.2, 0.25) is 0 Å². The first kappa shape index (κ1) is 13.0. The molecule has 1 rings (SSSR count). The van der Waals surface area contributed by atoms with E-state index < -0.39 is 35.2 Å². The van der Waals surface area contributed by atoms with Crippen molar-refractivity contribution in [3.05, 3.63) is 29.6 Å². The van der Waals surface area contributed by atoms with Crippen molar-refractivity contribution in [1.82, 2.24) is 10.3 Å². The predicted octanol–water partition coefficient (Wildman–Crippen LogP) is 0.953. The Labute approximate surface area is 95.5 Å². The topological polar surface area (TPSA) is 79.3 Å². The Bertz CT molecular complexity index is 451. The highest BCUT2D eigenvalue weighted by Crippen LogP contribution is 2.09. The molecule has 1 aromatic heterocycles. The minimum absolute atomic E-state index is 0.135. The number of hydrogen-bond acceptors (Lipinski definition) is 3. The zero-order valence-corrected chi connectivity index (χ0v) is 8.91. The lowest BCUT2D eigenvalue weighted by Gasteiger charge is -2.12. The average Bonchev–Trinajstić information content (AvgIpc) is 2.28. The number of pyridine rings is 1. The van der Waals surface area contributed by atoms with Crippen molar-refractivity contribution in [2.75, 3.05) is 0 Å². The van der Waals surface area contributed by atoms with Gasteiger partial charge in [0.05, 0.1) is 5.56 Å². The van der Waals surface area contributed by atoms with Crippen LogP contribution in [0, 0.1) is 11.8 Å². The van der Waals surface area contributed by atoms with Crippen LogP contribution in [0.4, 0.5) is 8.78 Å². The quantitative estimate of drug-likeness (QED) is 0.773. The van der Waals surface area contributed by atoms with E-state index in [4.69, 9.17) is 5.11 Å². The van der Waals surface area contributed by atoms with Gasteiger partial charge in [-0.3, -0.25) is 4.79 Å². The van der Waals surface area contributed by atoms with Gasteiger partial charge < -0.3 is 10.4 Å². The number of amides is 1. The van der Waals surface area contributed by atoms with Gasteiger partial charge in [0.25, 0.3) is 5.91 Å². The lowest BCUT2D eigenvalue weighted by molar-refractivity contribution is -0.139. The number of carboxylic acid groups (broad SMARTS) is 1. The number of carbonyl (C=O) groups excluding carboxylic acids is 1. The van der Waals surface area contributed by atoms with Crippen LogP contribution in [0.3, 0.4) is 0 Å². The van der Waals surface area contributed by atoms with E-state index >= 15 is 0 Å². The fourth-order valence-electron chi connectivity index (χ4n) is 1.17. The third-order valence-corrected chi connectivity index (χ3v) is 2.10. The van der Waals surface area contributed by atoms with Gasteiger partial charge in [0.1, 0.15) is 6.04 Å². The van der Waals surface area contributed by atoms with Crippen LogP contribution < -0.4 is 5.32 Å². The molecular formula is C10H10F2N2O3. The van der Waals surface area contributed by atoms with E-state index in [1.54, 1.807) is 6.92 Å². The Morgan fingerprint density at radius 3 is 2.71 bits per heavy atom. The molecule has 1 aromatic rings. The smallest absolute Gasteiger partial charge is 0.326 e. The highest BCUT2D eigenvalue weighted by atomic mass is 19.2. The van der Waals surface area contributed by atoms with Crippen molar-refractivity contribution in [1.29, 1.82) is 0 Å². The number of nitrogens with zero attached hydrogens (tertiary/aromatic N) is 1. The summed E-state index contributed by atoms with van der Waals surface area (Å²) in [5.74, 6) is -5.03. The highest BCUT2D eigenvalue weighted by molar-refractivity contribution is 5.96. The van der Waals surface area contributed by atoms with Gasteiger partial charge >= 0.3 is 5.97 Å². The van der Waals surface area contributed by atoms with Gasteiger partial charge in [0, 0.05) is 6.20 Å². The number of aromatic nitrogens is 1. The van der Waals surface area contributed by atoms with E-state index in [-0.39, 0.29) is 6.42 Å². The highest BCUT2D eigenvalue weighted by Gasteiger charge is 2.22. The first-order valence-electron chi connectivity index (χ1n) is 4.81.